The molecule has 0 bridgehead atoms. The van der Waals surface area contributed by atoms with Crippen molar-refractivity contribution in [3.8, 4) is 5.69 Å². The van der Waals surface area contributed by atoms with Gasteiger partial charge >= 0.3 is 0 Å². The van der Waals surface area contributed by atoms with Crippen LogP contribution in [0.4, 0.5) is 5.82 Å². The molecule has 0 aliphatic carbocycles. The van der Waals surface area contributed by atoms with Gasteiger partial charge in [0.1, 0.15) is 5.56 Å². The van der Waals surface area contributed by atoms with Gasteiger partial charge in [0.05, 0.1) is 16.5 Å². The molecule has 1 atom stereocenters. The minimum Gasteiger partial charge on any atom is -0.381 e. The van der Waals surface area contributed by atoms with E-state index in [0.29, 0.717) is 27.4 Å². The molecule has 0 radical (unpaired) electrons. The summed E-state index contributed by atoms with van der Waals surface area (Å²) in [6, 6.07) is 12.3. The molecule has 4 aromatic heterocycles. The number of hydrogen-bond donors (Lipinski definition) is 2. The summed E-state index contributed by atoms with van der Waals surface area (Å²) in [5.41, 5.74) is 7.58. The summed E-state index contributed by atoms with van der Waals surface area (Å²) in [4.78, 5) is 30.8. The first-order valence-electron chi connectivity index (χ1n) is 9.73. The van der Waals surface area contributed by atoms with Crippen molar-refractivity contribution in [3.05, 3.63) is 86.9 Å². The first kappa shape index (κ1) is 20.2. The Balaban J connectivity index is 1.62. The molecule has 0 saturated heterocycles. The average Bonchev–Trinajstić information content (AvgIpc) is 3.33. The summed E-state index contributed by atoms with van der Waals surface area (Å²) >= 11 is 7.67. The number of nitrogens with zero attached hydrogens (tertiary/aromatic N) is 4. The number of nitrogens with one attached hydrogen (secondary N) is 1. The molecule has 5 rings (SSSR count). The zero-order chi connectivity index (χ0) is 22.4. The summed E-state index contributed by atoms with van der Waals surface area (Å²) < 4.78 is 3.78. The van der Waals surface area contributed by atoms with Crippen LogP contribution in [0.5, 0.6) is 0 Å². The maximum absolute atomic E-state index is 13.4. The van der Waals surface area contributed by atoms with Crippen LogP contribution in [0.25, 0.3) is 21.4 Å². The van der Waals surface area contributed by atoms with Crippen LogP contribution < -0.4 is 16.6 Å². The SMILES string of the molecule is C[C@H](NC(=O)c1c(N)nn2cccnc12)c1cc2scc(Cl)c2c(=O)n1-c1ccccc1. The number of fused-ring (bicyclic) bond motifs is 2. The number of carbonyl (C=O) groups is 1. The smallest absolute Gasteiger partial charge is 0.265 e. The number of halogens is 1. The van der Waals surface area contributed by atoms with E-state index in [4.69, 9.17) is 17.3 Å². The van der Waals surface area contributed by atoms with Crippen molar-refractivity contribution in [1.29, 1.82) is 0 Å². The van der Waals surface area contributed by atoms with Crippen LogP contribution in [0.3, 0.4) is 0 Å². The molecule has 32 heavy (non-hydrogen) atoms. The molecule has 0 unspecified atom stereocenters. The summed E-state index contributed by atoms with van der Waals surface area (Å²) in [7, 11) is 0. The van der Waals surface area contributed by atoms with Gasteiger partial charge in [0.15, 0.2) is 11.5 Å². The highest BCUT2D eigenvalue weighted by Crippen LogP contribution is 2.30. The number of pyridine rings is 1. The second kappa shape index (κ2) is 7.77. The molecule has 3 N–H and O–H groups in total. The van der Waals surface area contributed by atoms with Gasteiger partial charge in [0, 0.05) is 33.9 Å². The maximum atomic E-state index is 13.4. The summed E-state index contributed by atoms with van der Waals surface area (Å²) in [6.07, 6.45) is 3.23. The highest BCUT2D eigenvalue weighted by molar-refractivity contribution is 7.17. The Hall–Kier alpha value is -3.69. The number of hydrogen-bond acceptors (Lipinski definition) is 6. The number of amides is 1. The van der Waals surface area contributed by atoms with Crippen LogP contribution in [0.1, 0.15) is 29.0 Å². The molecule has 0 saturated carbocycles. The van der Waals surface area contributed by atoms with Crippen LogP contribution >= 0.6 is 22.9 Å². The lowest BCUT2D eigenvalue weighted by Gasteiger charge is -2.20. The number of para-hydroxylation sites is 1. The predicted octanol–water partition coefficient (Wildman–Crippen LogP) is 3.82. The lowest BCUT2D eigenvalue weighted by atomic mass is 10.1. The number of anilines is 1. The van der Waals surface area contributed by atoms with Crippen molar-refractivity contribution in [2.75, 3.05) is 5.73 Å². The maximum Gasteiger partial charge on any atom is 0.265 e. The predicted molar refractivity (Wildman–Crippen MR) is 126 cm³/mol. The molecule has 0 fully saturated rings. The molecule has 0 aliphatic heterocycles. The van der Waals surface area contributed by atoms with Crippen LogP contribution in [0, 0.1) is 0 Å². The summed E-state index contributed by atoms with van der Waals surface area (Å²) in [5.74, 6) is -0.352. The Labute approximate surface area is 190 Å². The largest absolute Gasteiger partial charge is 0.381 e. The number of nitrogen functional groups attached to an aromatic ring is 1. The molecule has 0 aliphatic rings. The van der Waals surface area contributed by atoms with Gasteiger partial charge in [-0.15, -0.1) is 16.4 Å². The van der Waals surface area contributed by atoms with E-state index in [1.165, 1.54) is 15.9 Å². The van der Waals surface area contributed by atoms with Gasteiger partial charge in [0.2, 0.25) is 0 Å². The van der Waals surface area contributed by atoms with Crippen LogP contribution in [-0.2, 0) is 0 Å². The third kappa shape index (κ3) is 3.22. The fourth-order valence-electron chi connectivity index (χ4n) is 3.72. The number of aromatic nitrogens is 4. The standard InChI is InChI=1S/C22H17ClN6O2S/c1-12(26-21(30)18-19(24)27-28-9-5-8-25-20(18)28)15-10-16-17(14(23)11-32-16)22(31)29(15)13-6-3-2-4-7-13/h2-12H,1H3,(H2,24,27)(H,26,30)/t12-/m0/s1. The molecule has 10 heteroatoms. The Morgan fingerprint density at radius 2 is 2.03 bits per heavy atom. The Bertz CT molecular complexity index is 1540. The van der Waals surface area contributed by atoms with E-state index in [1.54, 1.807) is 28.4 Å². The normalized spacial score (nSPS) is 12.3. The zero-order valence-electron chi connectivity index (χ0n) is 16.8. The van der Waals surface area contributed by atoms with Gasteiger partial charge in [-0.25, -0.2) is 9.50 Å². The van der Waals surface area contributed by atoms with Gasteiger partial charge in [-0.2, -0.15) is 0 Å². The minimum atomic E-state index is -0.529. The fourth-order valence-corrected chi connectivity index (χ4v) is 4.94. The molecule has 1 amide bonds. The third-order valence-corrected chi connectivity index (χ3v) is 6.54. The lowest BCUT2D eigenvalue weighted by molar-refractivity contribution is 0.0941. The minimum absolute atomic E-state index is 0.0781. The topological polar surface area (TPSA) is 107 Å². The monoisotopic (exact) mass is 464 g/mol. The zero-order valence-corrected chi connectivity index (χ0v) is 18.4. The van der Waals surface area contributed by atoms with Crippen molar-refractivity contribution in [1.82, 2.24) is 24.5 Å². The van der Waals surface area contributed by atoms with E-state index in [2.05, 4.69) is 15.4 Å². The van der Waals surface area contributed by atoms with Crippen molar-refractivity contribution >= 4 is 50.4 Å². The van der Waals surface area contributed by atoms with Crippen LogP contribution in [-0.4, -0.2) is 25.1 Å². The molecule has 8 nitrogen and oxygen atoms in total. The van der Waals surface area contributed by atoms with Crippen LogP contribution in [0.15, 0.2) is 65.0 Å². The van der Waals surface area contributed by atoms with E-state index < -0.39 is 11.9 Å². The number of carbonyl (C=O) groups excluding carboxylic acids is 1. The Morgan fingerprint density at radius 3 is 2.81 bits per heavy atom. The van der Waals surface area contributed by atoms with Crippen molar-refractivity contribution in [3.63, 3.8) is 0 Å². The molecule has 4 heterocycles. The van der Waals surface area contributed by atoms with E-state index in [1.807, 2.05) is 43.3 Å². The quantitative estimate of drug-likeness (QED) is 0.420. The van der Waals surface area contributed by atoms with Gasteiger partial charge in [-0.05, 0) is 31.2 Å². The molecular weight excluding hydrogens is 448 g/mol. The lowest BCUT2D eigenvalue weighted by Crippen LogP contribution is -2.32. The fraction of sp³-hybridized carbons (Fsp3) is 0.0909. The molecular formula is C22H17ClN6O2S. The average molecular weight is 465 g/mol. The number of benzene rings is 1. The summed E-state index contributed by atoms with van der Waals surface area (Å²) in [5, 5.41) is 9.69. The molecule has 5 aromatic rings. The van der Waals surface area contributed by atoms with Gasteiger partial charge in [0.25, 0.3) is 11.5 Å². The number of rotatable bonds is 4. The van der Waals surface area contributed by atoms with Gasteiger partial charge in [-0.3, -0.25) is 14.2 Å². The highest BCUT2D eigenvalue weighted by Gasteiger charge is 2.24. The number of thiophene rings is 1. The summed E-state index contributed by atoms with van der Waals surface area (Å²) in [6.45, 7) is 1.81. The van der Waals surface area contributed by atoms with E-state index >= 15 is 0 Å². The van der Waals surface area contributed by atoms with Crippen molar-refractivity contribution in [2.24, 2.45) is 0 Å². The van der Waals surface area contributed by atoms with Crippen molar-refractivity contribution < 1.29 is 4.79 Å². The third-order valence-electron chi connectivity index (χ3n) is 5.18. The second-order valence-corrected chi connectivity index (χ2v) is 8.53. The van der Waals surface area contributed by atoms with E-state index in [0.717, 1.165) is 4.70 Å². The van der Waals surface area contributed by atoms with Crippen LogP contribution in [0.2, 0.25) is 5.02 Å². The highest BCUT2D eigenvalue weighted by atomic mass is 35.5. The van der Waals surface area contributed by atoms with E-state index in [-0.39, 0.29) is 16.9 Å². The molecule has 160 valence electrons. The van der Waals surface area contributed by atoms with Gasteiger partial charge in [-0.1, -0.05) is 29.8 Å². The molecule has 1 aromatic carbocycles. The Kier molecular flexibility index (Phi) is 4.91. The number of nitrogens with two attached hydrogens (primary N) is 1. The molecule has 0 spiro atoms. The van der Waals surface area contributed by atoms with Crippen molar-refractivity contribution in [2.45, 2.75) is 13.0 Å². The van der Waals surface area contributed by atoms with Gasteiger partial charge < -0.3 is 11.1 Å². The first-order chi connectivity index (χ1) is 15.5. The van der Waals surface area contributed by atoms with E-state index in [9.17, 15) is 9.59 Å². The second-order valence-electron chi connectivity index (χ2n) is 7.21. The Morgan fingerprint density at radius 1 is 1.25 bits per heavy atom. The first-order valence-corrected chi connectivity index (χ1v) is 11.0.